The van der Waals surface area contributed by atoms with E-state index in [1.165, 1.54) is 0 Å². The molecule has 18 heavy (non-hydrogen) atoms. The van der Waals surface area contributed by atoms with Crippen molar-refractivity contribution in [3.05, 3.63) is 28.2 Å². The Labute approximate surface area is 118 Å². The summed E-state index contributed by atoms with van der Waals surface area (Å²) in [6.07, 6.45) is 1.72. The molecule has 4 heteroatoms. The van der Waals surface area contributed by atoms with Crippen LogP contribution in [0.2, 0.25) is 0 Å². The van der Waals surface area contributed by atoms with E-state index >= 15 is 0 Å². The van der Waals surface area contributed by atoms with Crippen LogP contribution >= 0.6 is 15.9 Å². The molecule has 0 radical (unpaired) electrons. The summed E-state index contributed by atoms with van der Waals surface area (Å²) < 4.78 is 12.1. The number of halogens is 1. The molecule has 0 heterocycles. The highest BCUT2D eigenvalue weighted by Crippen LogP contribution is 2.29. The van der Waals surface area contributed by atoms with Crippen molar-refractivity contribution in [2.24, 2.45) is 5.73 Å². The molecule has 0 aliphatic carbocycles. The summed E-state index contributed by atoms with van der Waals surface area (Å²) in [4.78, 5) is 0. The summed E-state index contributed by atoms with van der Waals surface area (Å²) >= 11 is 3.52. The molecule has 0 fully saturated rings. The van der Waals surface area contributed by atoms with E-state index in [-0.39, 0.29) is 6.04 Å². The van der Waals surface area contributed by atoms with Gasteiger partial charge >= 0.3 is 0 Å². The maximum Gasteiger partial charge on any atom is 0.136 e. The zero-order chi connectivity index (χ0) is 13.4. The van der Waals surface area contributed by atoms with Crippen LogP contribution in [0.25, 0.3) is 0 Å². The van der Waals surface area contributed by atoms with Crippen molar-refractivity contribution in [1.29, 1.82) is 0 Å². The molecule has 0 aliphatic rings. The molecule has 102 valence electrons. The first-order chi connectivity index (χ1) is 8.65. The Morgan fingerprint density at radius 1 is 1.33 bits per heavy atom. The molecule has 1 rings (SSSR count). The van der Waals surface area contributed by atoms with E-state index in [0.29, 0.717) is 6.61 Å². The predicted octanol–water partition coefficient (Wildman–Crippen LogP) is 3.14. The SMILES string of the molecule is CCOCCCOc1c(Br)cccc1CC(C)N. The van der Waals surface area contributed by atoms with Crippen molar-refractivity contribution in [1.82, 2.24) is 0 Å². The Morgan fingerprint density at radius 3 is 2.78 bits per heavy atom. The van der Waals surface area contributed by atoms with Crippen LogP contribution in [-0.2, 0) is 11.2 Å². The third-order valence-electron chi connectivity index (χ3n) is 2.47. The lowest BCUT2D eigenvalue weighted by atomic mass is 10.1. The molecule has 0 bridgehead atoms. The van der Waals surface area contributed by atoms with E-state index in [4.69, 9.17) is 15.2 Å². The molecule has 0 aliphatic heterocycles. The average Bonchev–Trinajstić information content (AvgIpc) is 2.31. The summed E-state index contributed by atoms with van der Waals surface area (Å²) in [5.74, 6) is 0.909. The quantitative estimate of drug-likeness (QED) is 0.749. The van der Waals surface area contributed by atoms with Crippen LogP contribution < -0.4 is 10.5 Å². The van der Waals surface area contributed by atoms with Crippen molar-refractivity contribution < 1.29 is 9.47 Å². The number of hydrogen-bond donors (Lipinski definition) is 1. The van der Waals surface area contributed by atoms with E-state index < -0.39 is 0 Å². The van der Waals surface area contributed by atoms with Crippen molar-refractivity contribution in [2.75, 3.05) is 19.8 Å². The fourth-order valence-corrected chi connectivity index (χ4v) is 2.22. The molecule has 3 nitrogen and oxygen atoms in total. The first-order valence-electron chi connectivity index (χ1n) is 6.38. The normalized spacial score (nSPS) is 12.4. The molecular weight excluding hydrogens is 294 g/mol. The minimum absolute atomic E-state index is 0.130. The first kappa shape index (κ1) is 15.5. The molecule has 0 spiro atoms. The van der Waals surface area contributed by atoms with Gasteiger partial charge in [-0.05, 0) is 47.8 Å². The molecule has 0 saturated heterocycles. The molecule has 1 atom stereocenters. The van der Waals surface area contributed by atoms with E-state index in [1.54, 1.807) is 0 Å². The Bertz CT molecular complexity index is 356. The Hall–Kier alpha value is -0.580. The van der Waals surface area contributed by atoms with Gasteiger partial charge in [0.15, 0.2) is 0 Å². The minimum atomic E-state index is 0.130. The Kier molecular flexibility index (Phi) is 7.32. The summed E-state index contributed by atoms with van der Waals surface area (Å²) in [5, 5.41) is 0. The van der Waals surface area contributed by atoms with Crippen LogP contribution in [0.5, 0.6) is 5.75 Å². The molecule has 2 N–H and O–H groups in total. The third kappa shape index (κ3) is 5.38. The summed E-state index contributed by atoms with van der Waals surface area (Å²) in [7, 11) is 0. The zero-order valence-electron chi connectivity index (χ0n) is 11.1. The smallest absolute Gasteiger partial charge is 0.136 e. The predicted molar refractivity (Wildman–Crippen MR) is 78.1 cm³/mol. The molecule has 0 saturated carbocycles. The molecule has 0 amide bonds. The molecule has 0 aromatic heterocycles. The molecule has 1 aromatic rings. The fourth-order valence-electron chi connectivity index (χ4n) is 1.70. The maximum atomic E-state index is 5.85. The second kappa shape index (κ2) is 8.51. The highest BCUT2D eigenvalue weighted by molar-refractivity contribution is 9.10. The van der Waals surface area contributed by atoms with Crippen LogP contribution in [0, 0.1) is 0 Å². The van der Waals surface area contributed by atoms with E-state index in [9.17, 15) is 0 Å². The zero-order valence-corrected chi connectivity index (χ0v) is 12.7. The number of hydrogen-bond acceptors (Lipinski definition) is 3. The van der Waals surface area contributed by atoms with Crippen LogP contribution in [0.15, 0.2) is 22.7 Å². The lowest BCUT2D eigenvalue weighted by molar-refractivity contribution is 0.130. The lowest BCUT2D eigenvalue weighted by Crippen LogP contribution is -2.18. The molecule has 1 aromatic carbocycles. The van der Waals surface area contributed by atoms with Gasteiger partial charge in [0.05, 0.1) is 11.1 Å². The number of nitrogens with two attached hydrogens (primary N) is 1. The topological polar surface area (TPSA) is 44.5 Å². The van der Waals surface area contributed by atoms with Gasteiger partial charge in [-0.3, -0.25) is 0 Å². The second-order valence-corrected chi connectivity index (χ2v) is 5.16. The minimum Gasteiger partial charge on any atom is -0.492 e. The summed E-state index contributed by atoms with van der Waals surface area (Å²) in [5.41, 5.74) is 7.00. The standard InChI is InChI=1S/C14H22BrNO2/c1-3-17-8-5-9-18-14-12(10-11(2)16)6-4-7-13(14)15/h4,6-7,11H,3,5,8-10,16H2,1-2H3. The van der Waals surface area contributed by atoms with Crippen LogP contribution in [0.1, 0.15) is 25.8 Å². The number of para-hydroxylation sites is 1. The van der Waals surface area contributed by atoms with E-state index in [0.717, 1.165) is 41.8 Å². The highest BCUT2D eigenvalue weighted by Gasteiger charge is 2.09. The highest BCUT2D eigenvalue weighted by atomic mass is 79.9. The number of ether oxygens (including phenoxy) is 2. The van der Waals surface area contributed by atoms with Crippen LogP contribution in [0.3, 0.4) is 0 Å². The first-order valence-corrected chi connectivity index (χ1v) is 7.18. The van der Waals surface area contributed by atoms with E-state index in [2.05, 4.69) is 22.0 Å². The monoisotopic (exact) mass is 315 g/mol. The lowest BCUT2D eigenvalue weighted by Gasteiger charge is -2.14. The second-order valence-electron chi connectivity index (χ2n) is 4.31. The van der Waals surface area contributed by atoms with Gasteiger partial charge in [0.25, 0.3) is 0 Å². The van der Waals surface area contributed by atoms with E-state index in [1.807, 2.05) is 26.0 Å². The number of rotatable bonds is 8. The maximum absolute atomic E-state index is 5.85. The van der Waals surface area contributed by atoms with Gasteiger partial charge in [0.1, 0.15) is 5.75 Å². The number of benzene rings is 1. The summed E-state index contributed by atoms with van der Waals surface area (Å²) in [6.45, 7) is 6.15. The third-order valence-corrected chi connectivity index (χ3v) is 3.10. The van der Waals surface area contributed by atoms with Gasteiger partial charge in [-0.15, -0.1) is 0 Å². The van der Waals surface area contributed by atoms with Gasteiger partial charge in [0.2, 0.25) is 0 Å². The van der Waals surface area contributed by atoms with Crippen molar-refractivity contribution >= 4 is 15.9 Å². The largest absolute Gasteiger partial charge is 0.492 e. The van der Waals surface area contributed by atoms with Gasteiger partial charge in [-0.1, -0.05) is 12.1 Å². The van der Waals surface area contributed by atoms with Crippen LogP contribution in [0.4, 0.5) is 0 Å². The Morgan fingerprint density at radius 2 is 2.11 bits per heavy atom. The average molecular weight is 316 g/mol. The van der Waals surface area contributed by atoms with Gasteiger partial charge in [0, 0.05) is 25.7 Å². The Balaban J connectivity index is 2.56. The molecular formula is C14H22BrNO2. The van der Waals surface area contributed by atoms with Crippen LogP contribution in [-0.4, -0.2) is 25.9 Å². The van der Waals surface area contributed by atoms with Gasteiger partial charge in [-0.2, -0.15) is 0 Å². The van der Waals surface area contributed by atoms with Crippen molar-refractivity contribution in [3.63, 3.8) is 0 Å². The van der Waals surface area contributed by atoms with Crippen molar-refractivity contribution in [2.45, 2.75) is 32.7 Å². The molecule has 1 unspecified atom stereocenters. The fraction of sp³-hybridized carbons (Fsp3) is 0.571. The van der Waals surface area contributed by atoms with Gasteiger partial charge < -0.3 is 15.2 Å². The van der Waals surface area contributed by atoms with Gasteiger partial charge in [-0.25, -0.2) is 0 Å². The summed E-state index contributed by atoms with van der Waals surface area (Å²) in [6, 6.07) is 6.19. The van der Waals surface area contributed by atoms with Crippen molar-refractivity contribution in [3.8, 4) is 5.75 Å².